The highest BCUT2D eigenvalue weighted by Gasteiger charge is 2.52. The number of hydrogen-bond acceptors (Lipinski definition) is 3. The van der Waals surface area contributed by atoms with E-state index in [1.165, 1.54) is 20.8 Å². The zero-order valence-electron chi connectivity index (χ0n) is 13.3. The largest absolute Gasteiger partial charge is 0.505 e. The zero-order valence-corrected chi connectivity index (χ0v) is 14.1. The van der Waals surface area contributed by atoms with Crippen LogP contribution in [0.5, 0.6) is 0 Å². The molecule has 4 heteroatoms. The minimum Gasteiger partial charge on any atom is -0.399 e. The first-order valence-corrected chi connectivity index (χ1v) is 8.13. The molecule has 1 aliphatic rings. The molecule has 2 aromatic rings. The first-order valence-electron chi connectivity index (χ1n) is 7.31. The van der Waals surface area contributed by atoms with E-state index in [0.717, 1.165) is 0 Å². The quantitative estimate of drug-likeness (QED) is 0.780. The third kappa shape index (κ3) is 2.56. The van der Waals surface area contributed by atoms with Gasteiger partial charge in [-0.3, -0.25) is 0 Å². The topological polar surface area (TPSA) is 18.5 Å². The molecule has 110 valence electrons. The van der Waals surface area contributed by atoms with Gasteiger partial charge in [-0.1, -0.05) is 30.3 Å². The molecular weight excluding hydrogens is 279 g/mol. The van der Waals surface area contributed by atoms with Crippen LogP contribution in [0, 0.1) is 6.92 Å². The average Bonchev–Trinajstić information content (AvgIpc) is 2.89. The standard InChI is InChI=1S/C17H21BO2S/c1-12-11-14(13-9-7-6-8-10-13)21-15(12)18-19-16(2,3)17(4,5)20-18/h6-11H,1-5H3. The van der Waals surface area contributed by atoms with E-state index in [4.69, 9.17) is 9.31 Å². The van der Waals surface area contributed by atoms with Crippen molar-refractivity contribution in [2.75, 3.05) is 0 Å². The summed E-state index contributed by atoms with van der Waals surface area (Å²) in [6.45, 7) is 10.5. The number of thiophene rings is 1. The van der Waals surface area contributed by atoms with E-state index in [-0.39, 0.29) is 18.3 Å². The Labute approximate surface area is 131 Å². The van der Waals surface area contributed by atoms with E-state index in [0.29, 0.717) is 0 Å². The number of benzene rings is 1. The lowest BCUT2D eigenvalue weighted by atomic mass is 9.85. The molecule has 0 bridgehead atoms. The molecule has 0 amide bonds. The lowest BCUT2D eigenvalue weighted by Gasteiger charge is -2.32. The van der Waals surface area contributed by atoms with Crippen molar-refractivity contribution in [1.82, 2.24) is 0 Å². The van der Waals surface area contributed by atoms with Crippen molar-refractivity contribution in [3.05, 3.63) is 42.0 Å². The maximum absolute atomic E-state index is 6.17. The maximum Gasteiger partial charge on any atom is 0.505 e. The Morgan fingerprint density at radius 2 is 1.52 bits per heavy atom. The van der Waals surface area contributed by atoms with Crippen LogP contribution in [0.1, 0.15) is 33.3 Å². The van der Waals surface area contributed by atoms with Crippen molar-refractivity contribution in [3.8, 4) is 10.4 Å². The summed E-state index contributed by atoms with van der Waals surface area (Å²) in [5.41, 5.74) is 1.90. The van der Waals surface area contributed by atoms with Gasteiger partial charge in [-0.05, 0) is 51.8 Å². The summed E-state index contributed by atoms with van der Waals surface area (Å²) in [5, 5.41) is 0. The van der Waals surface area contributed by atoms with Crippen LogP contribution in [0.2, 0.25) is 0 Å². The predicted molar refractivity (Wildman–Crippen MR) is 90.2 cm³/mol. The van der Waals surface area contributed by atoms with Crippen LogP contribution in [0.4, 0.5) is 0 Å². The number of hydrogen-bond donors (Lipinski definition) is 0. The van der Waals surface area contributed by atoms with E-state index < -0.39 is 0 Å². The van der Waals surface area contributed by atoms with Gasteiger partial charge in [0.25, 0.3) is 0 Å². The monoisotopic (exact) mass is 300 g/mol. The highest BCUT2D eigenvalue weighted by molar-refractivity contribution is 7.25. The van der Waals surface area contributed by atoms with E-state index >= 15 is 0 Å². The SMILES string of the molecule is Cc1cc(-c2ccccc2)sc1B1OC(C)(C)C(C)(C)O1. The number of aryl methyl sites for hydroxylation is 1. The minimum absolute atomic E-state index is 0.266. The van der Waals surface area contributed by atoms with Gasteiger partial charge in [0.05, 0.1) is 11.2 Å². The number of rotatable bonds is 2. The van der Waals surface area contributed by atoms with Gasteiger partial charge in [-0.15, -0.1) is 11.3 Å². The third-order valence-electron chi connectivity index (χ3n) is 4.48. The van der Waals surface area contributed by atoms with Crippen molar-refractivity contribution >= 4 is 23.2 Å². The lowest BCUT2D eigenvalue weighted by molar-refractivity contribution is 0.00578. The normalized spacial score (nSPS) is 20.0. The summed E-state index contributed by atoms with van der Waals surface area (Å²) in [7, 11) is -0.266. The Morgan fingerprint density at radius 3 is 2.10 bits per heavy atom. The van der Waals surface area contributed by atoms with Crippen LogP contribution < -0.4 is 4.78 Å². The van der Waals surface area contributed by atoms with Crippen molar-refractivity contribution < 1.29 is 9.31 Å². The molecule has 2 heterocycles. The van der Waals surface area contributed by atoms with E-state index in [9.17, 15) is 0 Å². The van der Waals surface area contributed by atoms with Crippen LogP contribution in [0.15, 0.2) is 36.4 Å². The molecule has 2 nitrogen and oxygen atoms in total. The third-order valence-corrected chi connectivity index (χ3v) is 5.79. The Balaban J connectivity index is 1.93. The molecule has 0 atom stereocenters. The Kier molecular flexibility index (Phi) is 3.51. The van der Waals surface area contributed by atoms with E-state index in [1.54, 1.807) is 11.3 Å². The van der Waals surface area contributed by atoms with Gasteiger partial charge in [0, 0.05) is 9.65 Å². The summed E-state index contributed by atoms with van der Waals surface area (Å²) in [5.74, 6) is 0. The van der Waals surface area contributed by atoms with Crippen LogP contribution >= 0.6 is 11.3 Å². The van der Waals surface area contributed by atoms with Crippen molar-refractivity contribution in [2.24, 2.45) is 0 Å². The van der Waals surface area contributed by atoms with Gasteiger partial charge in [0.2, 0.25) is 0 Å². The van der Waals surface area contributed by atoms with Crippen LogP contribution in [-0.4, -0.2) is 18.3 Å². The lowest BCUT2D eigenvalue weighted by Crippen LogP contribution is -2.41. The highest BCUT2D eigenvalue weighted by atomic mass is 32.1. The molecule has 3 rings (SSSR count). The fourth-order valence-corrected chi connectivity index (χ4v) is 3.56. The molecule has 1 fully saturated rings. The molecule has 1 aromatic carbocycles. The van der Waals surface area contributed by atoms with Crippen LogP contribution in [-0.2, 0) is 9.31 Å². The first kappa shape index (κ1) is 14.8. The van der Waals surface area contributed by atoms with Gasteiger partial charge in [-0.25, -0.2) is 0 Å². The molecule has 0 radical (unpaired) electrons. The van der Waals surface area contributed by atoms with Crippen molar-refractivity contribution in [1.29, 1.82) is 0 Å². The zero-order chi connectivity index (χ0) is 15.3. The fourth-order valence-electron chi connectivity index (χ4n) is 2.42. The van der Waals surface area contributed by atoms with Gasteiger partial charge in [0.1, 0.15) is 0 Å². The second kappa shape index (κ2) is 4.97. The molecular formula is C17H21BO2S. The first-order chi connectivity index (χ1) is 9.80. The average molecular weight is 300 g/mol. The smallest absolute Gasteiger partial charge is 0.399 e. The van der Waals surface area contributed by atoms with Gasteiger partial charge < -0.3 is 9.31 Å². The van der Waals surface area contributed by atoms with Gasteiger partial charge >= 0.3 is 7.12 Å². The summed E-state index contributed by atoms with van der Waals surface area (Å²) < 4.78 is 13.5. The summed E-state index contributed by atoms with van der Waals surface area (Å²) in [6.07, 6.45) is 0. The van der Waals surface area contributed by atoms with Gasteiger partial charge in [-0.2, -0.15) is 0 Å². The second-order valence-electron chi connectivity index (χ2n) is 6.61. The molecule has 0 unspecified atom stereocenters. The molecule has 21 heavy (non-hydrogen) atoms. The molecule has 0 N–H and O–H groups in total. The predicted octanol–water partition coefficient (Wildman–Crippen LogP) is 4.02. The second-order valence-corrected chi connectivity index (χ2v) is 7.70. The Bertz CT molecular complexity index is 630. The van der Waals surface area contributed by atoms with E-state index in [1.807, 2.05) is 6.07 Å². The molecule has 1 saturated heterocycles. The van der Waals surface area contributed by atoms with Crippen LogP contribution in [0.3, 0.4) is 0 Å². The Morgan fingerprint density at radius 1 is 0.952 bits per heavy atom. The van der Waals surface area contributed by atoms with Gasteiger partial charge in [0.15, 0.2) is 0 Å². The maximum atomic E-state index is 6.17. The van der Waals surface area contributed by atoms with Crippen LogP contribution in [0.25, 0.3) is 10.4 Å². The molecule has 1 aliphatic heterocycles. The molecule has 0 saturated carbocycles. The van der Waals surface area contributed by atoms with E-state index in [2.05, 4.69) is 65.0 Å². The highest BCUT2D eigenvalue weighted by Crippen LogP contribution is 2.38. The summed E-state index contributed by atoms with van der Waals surface area (Å²) in [6, 6.07) is 12.7. The summed E-state index contributed by atoms with van der Waals surface area (Å²) >= 11 is 1.76. The molecule has 1 aromatic heterocycles. The minimum atomic E-state index is -0.291. The molecule has 0 spiro atoms. The van der Waals surface area contributed by atoms with Crippen molar-refractivity contribution in [2.45, 2.75) is 45.8 Å². The Hall–Kier alpha value is -1.10. The summed E-state index contributed by atoms with van der Waals surface area (Å²) in [4.78, 5) is 1.26. The van der Waals surface area contributed by atoms with Crippen molar-refractivity contribution in [3.63, 3.8) is 0 Å². The molecule has 0 aliphatic carbocycles. The fraction of sp³-hybridized carbons (Fsp3) is 0.412.